The number of fused-ring (bicyclic) bond motifs is 15. The molecule has 0 saturated heterocycles. The Morgan fingerprint density at radius 1 is 0.289 bits per heavy atom. The Morgan fingerprint density at radius 2 is 0.789 bits per heavy atom. The van der Waals surface area contributed by atoms with Crippen molar-refractivity contribution < 1.29 is 0 Å². The van der Waals surface area contributed by atoms with Gasteiger partial charge in [0, 0.05) is 27.6 Å². The van der Waals surface area contributed by atoms with E-state index in [4.69, 9.17) is 0 Å². The second-order valence-corrected chi connectivity index (χ2v) is 20.6. The van der Waals surface area contributed by atoms with Crippen LogP contribution in [0.3, 0.4) is 0 Å². The van der Waals surface area contributed by atoms with Crippen molar-refractivity contribution in [3.63, 3.8) is 0 Å². The first-order chi connectivity index (χ1) is 37.7. The molecule has 12 aromatic carbocycles. The first-order valence-electron chi connectivity index (χ1n) is 26.5. The van der Waals surface area contributed by atoms with Crippen molar-refractivity contribution in [3.05, 3.63) is 336 Å². The molecular weight excluding hydrogens is 917 g/mol. The molecule has 3 aliphatic rings. The van der Waals surface area contributed by atoms with E-state index in [1.165, 1.54) is 105 Å². The average molecular weight is 965 g/mol. The monoisotopic (exact) mass is 964 g/mol. The summed E-state index contributed by atoms with van der Waals surface area (Å²) in [6, 6.07) is 109. The third kappa shape index (κ3) is 5.70. The zero-order chi connectivity index (χ0) is 50.0. The minimum atomic E-state index is -0.626. The molecule has 1 aromatic heterocycles. The molecule has 0 N–H and O–H groups in total. The molecule has 76 heavy (non-hydrogen) atoms. The lowest BCUT2D eigenvalue weighted by atomic mass is 9.65. The number of benzene rings is 12. The van der Waals surface area contributed by atoms with Crippen LogP contribution in [0.1, 0.15) is 44.5 Å². The topological polar surface area (TPSA) is 8.17 Å². The van der Waals surface area contributed by atoms with Gasteiger partial charge in [0.25, 0.3) is 0 Å². The molecular formula is C74H48N2. The number of hydrogen-bond donors (Lipinski definition) is 0. The van der Waals surface area contributed by atoms with E-state index in [-0.39, 0.29) is 0 Å². The predicted octanol–water partition coefficient (Wildman–Crippen LogP) is 18.6. The summed E-state index contributed by atoms with van der Waals surface area (Å²) >= 11 is 0. The van der Waals surface area contributed by atoms with Crippen LogP contribution in [0.4, 0.5) is 17.1 Å². The van der Waals surface area contributed by atoms with E-state index in [2.05, 4.69) is 301 Å². The average Bonchev–Trinajstić information content (AvgIpc) is 4.04. The van der Waals surface area contributed by atoms with E-state index in [0.29, 0.717) is 0 Å². The molecule has 13 aromatic rings. The van der Waals surface area contributed by atoms with E-state index in [0.717, 1.165) is 28.2 Å². The highest BCUT2D eigenvalue weighted by Gasteiger charge is 2.52. The van der Waals surface area contributed by atoms with Crippen LogP contribution in [0.15, 0.2) is 291 Å². The summed E-state index contributed by atoms with van der Waals surface area (Å²) in [7, 11) is 0. The second kappa shape index (κ2) is 16.4. The molecule has 0 unspecified atom stereocenters. The Balaban J connectivity index is 1.07. The molecule has 0 radical (unpaired) electrons. The summed E-state index contributed by atoms with van der Waals surface area (Å²) in [5.74, 6) is 0. The van der Waals surface area contributed by atoms with Gasteiger partial charge in [-0.1, -0.05) is 249 Å². The molecule has 0 bridgehead atoms. The van der Waals surface area contributed by atoms with Gasteiger partial charge in [0.05, 0.1) is 38.9 Å². The molecule has 2 aliphatic carbocycles. The Morgan fingerprint density at radius 3 is 1.50 bits per heavy atom. The van der Waals surface area contributed by atoms with Crippen LogP contribution in [0.25, 0.3) is 72.0 Å². The van der Waals surface area contributed by atoms with Crippen LogP contribution < -0.4 is 4.90 Å². The SMILES string of the molecule is c1ccc(-c2cccc(-c3ccccc3N(c3cc4c5c(c3)c3ccccc3n5-c3ccccc3C43c4ccccc4-c4ccccc43)c3cccc4c3-c3ccccc3C4(c3ccccc3)c3ccccc3)c2)cc1. The van der Waals surface area contributed by atoms with Gasteiger partial charge in [-0.05, 0) is 120 Å². The minimum absolute atomic E-state index is 0.589. The van der Waals surface area contributed by atoms with Crippen LogP contribution in [-0.2, 0) is 10.8 Å². The minimum Gasteiger partial charge on any atom is -0.309 e. The quantitative estimate of drug-likeness (QED) is 0.155. The number of hydrogen-bond acceptors (Lipinski definition) is 1. The summed E-state index contributed by atoms with van der Waals surface area (Å²) in [6.45, 7) is 0. The number of nitrogens with zero attached hydrogens (tertiary/aromatic N) is 2. The lowest BCUT2D eigenvalue weighted by Crippen LogP contribution is -2.33. The number of rotatable bonds is 7. The Bertz CT molecular complexity index is 4380. The molecule has 0 amide bonds. The van der Waals surface area contributed by atoms with Crippen LogP contribution in [0.5, 0.6) is 0 Å². The molecule has 1 aliphatic heterocycles. The van der Waals surface area contributed by atoms with Crippen LogP contribution >= 0.6 is 0 Å². The van der Waals surface area contributed by atoms with Gasteiger partial charge < -0.3 is 9.47 Å². The molecule has 0 atom stereocenters. The highest BCUT2D eigenvalue weighted by Crippen LogP contribution is 2.64. The van der Waals surface area contributed by atoms with Gasteiger partial charge in [-0.15, -0.1) is 0 Å². The highest BCUT2D eigenvalue weighted by atomic mass is 15.2. The molecule has 1 spiro atoms. The van der Waals surface area contributed by atoms with Gasteiger partial charge in [0.2, 0.25) is 0 Å². The summed E-state index contributed by atoms with van der Waals surface area (Å²) in [5.41, 5.74) is 25.7. The molecule has 2 nitrogen and oxygen atoms in total. The summed E-state index contributed by atoms with van der Waals surface area (Å²) in [6.07, 6.45) is 0. The van der Waals surface area contributed by atoms with Crippen LogP contribution in [0.2, 0.25) is 0 Å². The molecule has 354 valence electrons. The fraction of sp³-hybridized carbons (Fsp3) is 0.0270. The number of para-hydroxylation sites is 3. The fourth-order valence-corrected chi connectivity index (χ4v) is 14.2. The van der Waals surface area contributed by atoms with Crippen molar-refractivity contribution in [2.75, 3.05) is 4.90 Å². The zero-order valence-electron chi connectivity index (χ0n) is 41.6. The number of aromatic nitrogens is 1. The van der Waals surface area contributed by atoms with Gasteiger partial charge >= 0.3 is 0 Å². The van der Waals surface area contributed by atoms with Gasteiger partial charge in [0.15, 0.2) is 0 Å². The van der Waals surface area contributed by atoms with Gasteiger partial charge in [0.1, 0.15) is 0 Å². The maximum absolute atomic E-state index is 2.62. The van der Waals surface area contributed by atoms with Crippen LogP contribution in [-0.4, -0.2) is 4.57 Å². The predicted molar refractivity (Wildman–Crippen MR) is 315 cm³/mol. The lowest BCUT2D eigenvalue weighted by molar-refractivity contribution is 0.748. The van der Waals surface area contributed by atoms with Crippen molar-refractivity contribution in [2.24, 2.45) is 0 Å². The Labute approximate surface area is 442 Å². The maximum Gasteiger partial charge on any atom is 0.0755 e. The van der Waals surface area contributed by atoms with E-state index in [1.54, 1.807) is 0 Å². The van der Waals surface area contributed by atoms with Gasteiger partial charge in [-0.3, -0.25) is 0 Å². The van der Waals surface area contributed by atoms with Crippen molar-refractivity contribution in [1.82, 2.24) is 4.57 Å². The Kier molecular flexibility index (Phi) is 9.20. The first-order valence-corrected chi connectivity index (χ1v) is 26.5. The molecule has 0 saturated carbocycles. The van der Waals surface area contributed by atoms with Gasteiger partial charge in [-0.2, -0.15) is 0 Å². The van der Waals surface area contributed by atoms with E-state index in [1.807, 2.05) is 0 Å². The molecule has 0 fully saturated rings. The molecule has 16 rings (SSSR count). The standard InChI is InChI=1S/C74H48N2/c1-4-24-49(25-5-1)50-26-22-27-51(46-50)55-32-13-19-42-67(55)75(70-45-23-41-65-71(70)59-36-12-17-39-63(59)73(65,52-28-6-2-7-29-52)53-30-8-3-9-31-53)54-47-60-58-35-14-20-43-68(58)76-69-44-21-18-40-64(69)74(66(48-54)72(60)76)61-37-15-10-33-56(61)57-34-11-16-38-62(57)74/h1-48H. The van der Waals surface area contributed by atoms with Crippen molar-refractivity contribution in [3.8, 4) is 50.2 Å². The summed E-state index contributed by atoms with van der Waals surface area (Å²) < 4.78 is 2.56. The normalized spacial score (nSPS) is 13.7. The lowest BCUT2D eigenvalue weighted by Gasteiger charge is -2.40. The third-order valence-corrected chi connectivity index (χ3v) is 17.0. The van der Waals surface area contributed by atoms with E-state index in [9.17, 15) is 0 Å². The summed E-state index contributed by atoms with van der Waals surface area (Å²) in [5, 5.41) is 2.45. The zero-order valence-corrected chi connectivity index (χ0v) is 41.6. The summed E-state index contributed by atoms with van der Waals surface area (Å²) in [4.78, 5) is 2.62. The molecule has 2 heterocycles. The smallest absolute Gasteiger partial charge is 0.0755 e. The van der Waals surface area contributed by atoms with Gasteiger partial charge in [-0.25, -0.2) is 0 Å². The Hall–Kier alpha value is -9.76. The van der Waals surface area contributed by atoms with Crippen molar-refractivity contribution in [1.29, 1.82) is 0 Å². The maximum atomic E-state index is 2.62. The fourth-order valence-electron chi connectivity index (χ4n) is 14.2. The first kappa shape index (κ1) is 42.7. The van der Waals surface area contributed by atoms with Crippen LogP contribution in [0, 0.1) is 0 Å². The van der Waals surface area contributed by atoms with Crippen molar-refractivity contribution in [2.45, 2.75) is 10.8 Å². The van der Waals surface area contributed by atoms with Crippen molar-refractivity contribution >= 4 is 38.9 Å². The van der Waals surface area contributed by atoms with E-state index >= 15 is 0 Å². The highest BCUT2D eigenvalue weighted by molar-refractivity contribution is 6.15. The largest absolute Gasteiger partial charge is 0.309 e. The van der Waals surface area contributed by atoms with E-state index < -0.39 is 10.8 Å². The third-order valence-electron chi connectivity index (χ3n) is 17.0. The molecule has 2 heteroatoms. The number of anilines is 3. The second-order valence-electron chi connectivity index (χ2n) is 20.6.